The first-order valence-corrected chi connectivity index (χ1v) is 10.1. The Bertz CT molecular complexity index is 927. The van der Waals surface area contributed by atoms with E-state index >= 15 is 0 Å². The molecule has 9 nitrogen and oxygen atoms in total. The zero-order chi connectivity index (χ0) is 22.2. The molecule has 2 aliphatic rings. The molecule has 0 amide bonds. The van der Waals surface area contributed by atoms with Crippen LogP contribution in [0.15, 0.2) is 6.20 Å². The Hall–Kier alpha value is -2.60. The van der Waals surface area contributed by atoms with Crippen molar-refractivity contribution in [3.8, 4) is 5.75 Å². The number of hydrogen-bond donors (Lipinski definition) is 2. The van der Waals surface area contributed by atoms with Crippen LogP contribution in [0.25, 0.3) is 0 Å². The lowest BCUT2D eigenvalue weighted by molar-refractivity contribution is -0.137. The summed E-state index contributed by atoms with van der Waals surface area (Å²) >= 11 is 0. The average Bonchev–Trinajstić information content (AvgIpc) is 3.28. The van der Waals surface area contributed by atoms with Gasteiger partial charge >= 0.3 is 6.18 Å². The molecule has 0 aromatic carbocycles. The highest BCUT2D eigenvalue weighted by Crippen LogP contribution is 2.41. The Balaban J connectivity index is 1.64. The number of methoxy groups -OCH3 is 1. The van der Waals surface area contributed by atoms with Crippen LogP contribution in [0.3, 0.4) is 0 Å². The largest absolute Gasteiger partial charge is 0.487 e. The normalized spacial score (nSPS) is 23.6. The van der Waals surface area contributed by atoms with E-state index in [-0.39, 0.29) is 24.0 Å². The summed E-state index contributed by atoms with van der Waals surface area (Å²) in [7, 11) is 1.64. The van der Waals surface area contributed by atoms with Crippen LogP contribution >= 0.6 is 0 Å². The van der Waals surface area contributed by atoms with Gasteiger partial charge in [0, 0.05) is 25.8 Å². The van der Waals surface area contributed by atoms with Gasteiger partial charge in [0.2, 0.25) is 5.95 Å². The fraction of sp³-hybridized carbons (Fsp3) is 0.632. The van der Waals surface area contributed by atoms with Gasteiger partial charge < -0.3 is 25.3 Å². The van der Waals surface area contributed by atoms with E-state index < -0.39 is 17.6 Å². The van der Waals surface area contributed by atoms with Crippen LogP contribution in [0.1, 0.15) is 36.6 Å². The van der Waals surface area contributed by atoms with Gasteiger partial charge in [-0.15, -0.1) is 0 Å². The van der Waals surface area contributed by atoms with Crippen molar-refractivity contribution >= 4 is 17.6 Å². The van der Waals surface area contributed by atoms with Crippen LogP contribution in [0.4, 0.5) is 30.8 Å². The predicted octanol–water partition coefficient (Wildman–Crippen LogP) is 3.09. The fourth-order valence-corrected chi connectivity index (χ4v) is 3.76. The second kappa shape index (κ2) is 8.50. The average molecular weight is 442 g/mol. The maximum atomic E-state index is 13.0. The van der Waals surface area contributed by atoms with Gasteiger partial charge in [-0.05, 0) is 26.2 Å². The quantitative estimate of drug-likeness (QED) is 0.673. The highest BCUT2D eigenvalue weighted by molar-refractivity contribution is 5.61. The van der Waals surface area contributed by atoms with Gasteiger partial charge in [-0.3, -0.25) is 0 Å². The van der Waals surface area contributed by atoms with Gasteiger partial charge in [0.15, 0.2) is 11.6 Å². The Morgan fingerprint density at radius 3 is 2.71 bits per heavy atom. The molecule has 170 valence electrons. The van der Waals surface area contributed by atoms with Gasteiger partial charge in [0.25, 0.3) is 0 Å². The number of hydrogen-bond acceptors (Lipinski definition) is 8. The summed E-state index contributed by atoms with van der Waals surface area (Å²) in [6.45, 7) is 3.58. The molecule has 1 saturated heterocycles. The molecule has 3 heterocycles. The summed E-state index contributed by atoms with van der Waals surface area (Å²) < 4.78 is 57.7. The Morgan fingerprint density at radius 2 is 2.13 bits per heavy atom. The smallest absolute Gasteiger partial charge is 0.421 e. The van der Waals surface area contributed by atoms with Crippen LogP contribution < -0.4 is 15.8 Å². The maximum absolute atomic E-state index is 13.0. The van der Waals surface area contributed by atoms with Crippen LogP contribution in [0, 0.1) is 12.8 Å². The number of nitrogens with zero attached hydrogens (tertiary/aromatic N) is 4. The van der Waals surface area contributed by atoms with Crippen LogP contribution in [0.2, 0.25) is 0 Å². The molecular weight excluding hydrogens is 417 g/mol. The van der Waals surface area contributed by atoms with Gasteiger partial charge in [-0.1, -0.05) is 0 Å². The minimum atomic E-state index is -4.63. The molecule has 3 unspecified atom stereocenters. The molecule has 3 atom stereocenters. The number of nitrogens with one attached hydrogen (secondary N) is 1. The predicted molar refractivity (Wildman–Crippen MR) is 105 cm³/mol. The summed E-state index contributed by atoms with van der Waals surface area (Å²) in [5, 5.41) is 7.57. The van der Waals surface area contributed by atoms with Crippen molar-refractivity contribution in [3.05, 3.63) is 17.5 Å². The first-order chi connectivity index (χ1) is 14.8. The molecule has 12 heteroatoms. The Kier molecular flexibility index (Phi) is 5.93. The van der Waals surface area contributed by atoms with Crippen molar-refractivity contribution in [2.24, 2.45) is 5.92 Å². The number of alkyl halides is 3. The fourth-order valence-electron chi connectivity index (χ4n) is 3.76. The van der Waals surface area contributed by atoms with Crippen molar-refractivity contribution in [2.45, 2.75) is 44.5 Å². The van der Waals surface area contributed by atoms with Crippen LogP contribution in [-0.2, 0) is 15.7 Å². The molecule has 1 saturated carbocycles. The highest BCUT2D eigenvalue weighted by atomic mass is 19.4. The van der Waals surface area contributed by atoms with Gasteiger partial charge in [0.05, 0.1) is 25.4 Å². The summed E-state index contributed by atoms with van der Waals surface area (Å²) in [6, 6.07) is -0.0369. The number of ether oxygens (including phenoxy) is 3. The zero-order valence-corrected chi connectivity index (χ0v) is 17.3. The highest BCUT2D eigenvalue weighted by Gasteiger charge is 2.37. The molecular formula is C19H25F3N6O3. The van der Waals surface area contributed by atoms with Crippen LogP contribution in [-0.4, -0.2) is 52.8 Å². The number of aromatic nitrogens is 4. The van der Waals surface area contributed by atoms with E-state index in [1.165, 1.54) is 0 Å². The summed E-state index contributed by atoms with van der Waals surface area (Å²) in [5.41, 5.74) is 5.08. The van der Waals surface area contributed by atoms with E-state index in [0.717, 1.165) is 19.3 Å². The van der Waals surface area contributed by atoms with E-state index in [0.29, 0.717) is 43.3 Å². The minimum absolute atomic E-state index is 0.0190. The standard InChI is InChI=1S/C19H25F3N6O3/c1-10-15(31-9-11-5-6-30-8-11)17(28(27-10)13-3-4-14(13)29-2)26-18-24-7-12(16(23)25-18)19(20,21)22/h7,11,13-14H,3-6,8-9H2,1-2H3,(H3,23,24,25,26). The molecule has 2 aromatic heterocycles. The maximum Gasteiger partial charge on any atom is 0.421 e. The monoisotopic (exact) mass is 442 g/mol. The molecule has 4 rings (SSSR count). The lowest BCUT2D eigenvalue weighted by Gasteiger charge is -2.36. The lowest BCUT2D eigenvalue weighted by Crippen LogP contribution is -2.36. The summed E-state index contributed by atoms with van der Waals surface area (Å²) in [6.07, 6.45) is -1.34. The molecule has 31 heavy (non-hydrogen) atoms. The lowest BCUT2D eigenvalue weighted by atomic mass is 9.89. The Labute approximate surface area is 177 Å². The minimum Gasteiger partial charge on any atom is -0.487 e. The number of nitrogen functional groups attached to an aromatic ring is 1. The number of aryl methyl sites for hydroxylation is 1. The van der Waals surface area contributed by atoms with Crippen LogP contribution in [0.5, 0.6) is 5.75 Å². The van der Waals surface area contributed by atoms with Gasteiger partial charge in [-0.2, -0.15) is 23.3 Å². The molecule has 0 radical (unpaired) electrons. The van der Waals surface area contributed by atoms with E-state index in [2.05, 4.69) is 20.4 Å². The van der Waals surface area contributed by atoms with Crippen molar-refractivity contribution in [3.63, 3.8) is 0 Å². The Morgan fingerprint density at radius 1 is 1.32 bits per heavy atom. The second-order valence-electron chi connectivity index (χ2n) is 7.78. The van der Waals surface area contributed by atoms with E-state index in [1.807, 2.05) is 6.92 Å². The summed E-state index contributed by atoms with van der Waals surface area (Å²) in [4.78, 5) is 7.60. The van der Waals surface area contributed by atoms with Gasteiger partial charge in [-0.25, -0.2) is 9.67 Å². The number of nitrogens with two attached hydrogens (primary N) is 1. The van der Waals surface area contributed by atoms with Gasteiger partial charge in [0.1, 0.15) is 17.1 Å². The summed E-state index contributed by atoms with van der Waals surface area (Å²) in [5.74, 6) is 0.493. The van der Waals surface area contributed by atoms with E-state index in [1.54, 1.807) is 11.8 Å². The van der Waals surface area contributed by atoms with Crippen molar-refractivity contribution in [1.82, 2.24) is 19.7 Å². The van der Waals surface area contributed by atoms with Crippen molar-refractivity contribution in [2.75, 3.05) is 38.0 Å². The van der Waals surface area contributed by atoms with Crippen molar-refractivity contribution < 1.29 is 27.4 Å². The molecule has 0 spiro atoms. The second-order valence-corrected chi connectivity index (χ2v) is 7.78. The third-order valence-electron chi connectivity index (χ3n) is 5.66. The first-order valence-electron chi connectivity index (χ1n) is 10.1. The van der Waals surface area contributed by atoms with Crippen molar-refractivity contribution in [1.29, 1.82) is 0 Å². The molecule has 1 aliphatic heterocycles. The van der Waals surface area contributed by atoms with E-state index in [4.69, 9.17) is 19.9 Å². The third-order valence-corrected chi connectivity index (χ3v) is 5.66. The SMILES string of the molecule is COC1CCC1n1nc(C)c(OCC2CCOC2)c1Nc1ncc(C(F)(F)F)c(N)n1. The zero-order valence-electron chi connectivity index (χ0n) is 17.3. The number of anilines is 3. The number of halogens is 3. The van der Waals surface area contributed by atoms with E-state index in [9.17, 15) is 13.2 Å². The molecule has 1 aliphatic carbocycles. The third kappa shape index (κ3) is 4.40. The number of rotatable bonds is 7. The molecule has 2 aromatic rings. The molecule has 0 bridgehead atoms. The first kappa shape index (κ1) is 21.6. The molecule has 3 N–H and O–H groups in total. The molecule has 2 fully saturated rings. The topological polar surface area (TPSA) is 109 Å².